The number of hydrogen-bond donors (Lipinski definition) is 2. The van der Waals surface area contributed by atoms with Gasteiger partial charge in [0.2, 0.25) is 10.0 Å². The van der Waals surface area contributed by atoms with Crippen molar-refractivity contribution in [3.8, 4) is 0 Å². The Morgan fingerprint density at radius 2 is 2.33 bits per heavy atom. The highest BCUT2D eigenvalue weighted by atomic mass is 32.2. The van der Waals surface area contributed by atoms with Gasteiger partial charge >= 0.3 is 0 Å². The smallest absolute Gasteiger partial charge is 0.211 e. The van der Waals surface area contributed by atoms with Gasteiger partial charge in [-0.1, -0.05) is 6.08 Å². The highest BCUT2D eigenvalue weighted by molar-refractivity contribution is 7.89. The van der Waals surface area contributed by atoms with Gasteiger partial charge in [0, 0.05) is 6.54 Å². The van der Waals surface area contributed by atoms with E-state index < -0.39 is 10.0 Å². The van der Waals surface area contributed by atoms with Crippen LogP contribution in [0.3, 0.4) is 0 Å². The maximum absolute atomic E-state index is 11.5. The summed E-state index contributed by atoms with van der Waals surface area (Å²) in [6.07, 6.45) is 4.38. The summed E-state index contributed by atoms with van der Waals surface area (Å²) >= 11 is 0. The van der Waals surface area contributed by atoms with Crippen molar-refractivity contribution in [2.75, 3.05) is 25.4 Å². The first-order chi connectivity index (χ1) is 7.14. The lowest BCUT2D eigenvalue weighted by Gasteiger charge is -2.22. The Morgan fingerprint density at radius 1 is 1.53 bits per heavy atom. The molecule has 15 heavy (non-hydrogen) atoms. The zero-order chi connectivity index (χ0) is 11.1. The van der Waals surface area contributed by atoms with Crippen LogP contribution in [-0.4, -0.2) is 33.8 Å². The van der Waals surface area contributed by atoms with Crippen LogP contribution in [0.4, 0.5) is 0 Å². The van der Waals surface area contributed by atoms with Crippen LogP contribution in [-0.2, 0) is 10.0 Å². The van der Waals surface area contributed by atoms with Crippen molar-refractivity contribution < 1.29 is 8.42 Å². The molecule has 1 saturated heterocycles. The maximum Gasteiger partial charge on any atom is 0.211 e. The summed E-state index contributed by atoms with van der Waals surface area (Å²) in [4.78, 5) is 0. The highest BCUT2D eigenvalue weighted by Crippen LogP contribution is 2.08. The van der Waals surface area contributed by atoms with E-state index in [1.54, 1.807) is 6.08 Å². The summed E-state index contributed by atoms with van der Waals surface area (Å²) in [5.41, 5.74) is 0. The fourth-order valence-corrected chi connectivity index (χ4v) is 2.76. The molecule has 88 valence electrons. The Bertz CT molecular complexity index is 282. The van der Waals surface area contributed by atoms with E-state index in [0.717, 1.165) is 25.9 Å². The van der Waals surface area contributed by atoms with E-state index in [4.69, 9.17) is 0 Å². The number of piperidine rings is 1. The molecule has 0 saturated carbocycles. The third kappa shape index (κ3) is 5.30. The number of hydrogen-bond acceptors (Lipinski definition) is 3. The fraction of sp³-hybridized carbons (Fsp3) is 0.800. The second kappa shape index (κ2) is 6.25. The third-order valence-corrected chi connectivity index (χ3v) is 3.96. The first-order valence-electron chi connectivity index (χ1n) is 5.43. The quantitative estimate of drug-likeness (QED) is 0.655. The minimum atomic E-state index is -3.09. The molecule has 1 fully saturated rings. The summed E-state index contributed by atoms with van der Waals surface area (Å²) in [6, 6.07) is 0. The molecular formula is C10H20N2O2S. The topological polar surface area (TPSA) is 58.2 Å². The molecule has 0 aromatic heterocycles. The maximum atomic E-state index is 11.5. The van der Waals surface area contributed by atoms with Gasteiger partial charge in [-0.3, -0.25) is 0 Å². The molecule has 1 atom stereocenters. The van der Waals surface area contributed by atoms with Crippen molar-refractivity contribution in [1.29, 1.82) is 0 Å². The molecule has 1 heterocycles. The van der Waals surface area contributed by atoms with Crippen molar-refractivity contribution in [2.24, 2.45) is 5.92 Å². The Balaban J connectivity index is 2.25. The predicted octanol–water partition coefficient (Wildman–Crippen LogP) is 0.481. The van der Waals surface area contributed by atoms with E-state index in [1.165, 1.54) is 0 Å². The van der Waals surface area contributed by atoms with Gasteiger partial charge in [-0.05, 0) is 38.3 Å². The molecule has 2 N–H and O–H groups in total. The van der Waals surface area contributed by atoms with Gasteiger partial charge < -0.3 is 5.32 Å². The first-order valence-corrected chi connectivity index (χ1v) is 7.08. The summed E-state index contributed by atoms with van der Waals surface area (Å²) in [5.74, 6) is 0.591. The largest absolute Gasteiger partial charge is 0.316 e. The minimum absolute atomic E-state index is 0.149. The van der Waals surface area contributed by atoms with Gasteiger partial charge in [0.15, 0.2) is 0 Å². The molecule has 0 unspecified atom stereocenters. The lowest BCUT2D eigenvalue weighted by atomic mass is 10.0. The Labute approximate surface area is 92.2 Å². The van der Waals surface area contributed by atoms with Crippen LogP contribution in [0.2, 0.25) is 0 Å². The monoisotopic (exact) mass is 232 g/mol. The average Bonchev–Trinajstić information content (AvgIpc) is 2.25. The Kier molecular flexibility index (Phi) is 5.28. The number of nitrogens with one attached hydrogen (secondary N) is 2. The molecule has 0 aromatic rings. The van der Waals surface area contributed by atoms with Crippen molar-refractivity contribution in [1.82, 2.24) is 10.0 Å². The molecule has 0 aromatic carbocycles. The van der Waals surface area contributed by atoms with Gasteiger partial charge in [0.05, 0.1) is 5.75 Å². The molecule has 0 aliphatic carbocycles. The van der Waals surface area contributed by atoms with Crippen LogP contribution in [0.25, 0.3) is 0 Å². The second-order valence-corrected chi connectivity index (χ2v) is 5.88. The van der Waals surface area contributed by atoms with E-state index >= 15 is 0 Å². The first kappa shape index (κ1) is 12.7. The zero-order valence-corrected chi connectivity index (χ0v) is 9.85. The van der Waals surface area contributed by atoms with Gasteiger partial charge in [-0.15, -0.1) is 6.58 Å². The summed E-state index contributed by atoms with van der Waals surface area (Å²) in [5, 5.41) is 3.26. The second-order valence-electron chi connectivity index (χ2n) is 3.96. The van der Waals surface area contributed by atoms with Crippen LogP contribution in [0.5, 0.6) is 0 Å². The van der Waals surface area contributed by atoms with Crippen molar-refractivity contribution in [3.63, 3.8) is 0 Å². The number of rotatable bonds is 6. The summed E-state index contributed by atoms with van der Waals surface area (Å²) in [7, 11) is -3.09. The van der Waals surface area contributed by atoms with Gasteiger partial charge in [0.25, 0.3) is 0 Å². The van der Waals surface area contributed by atoms with Gasteiger partial charge in [-0.25, -0.2) is 13.1 Å². The average molecular weight is 232 g/mol. The minimum Gasteiger partial charge on any atom is -0.316 e. The Hall–Kier alpha value is -0.390. The lowest BCUT2D eigenvalue weighted by Crippen LogP contribution is -2.38. The normalized spacial score (nSPS) is 22.5. The molecule has 1 aliphatic heterocycles. The predicted molar refractivity (Wildman–Crippen MR) is 62.2 cm³/mol. The highest BCUT2D eigenvalue weighted by Gasteiger charge is 2.16. The number of allylic oxidation sites excluding steroid dienone is 1. The van der Waals surface area contributed by atoms with E-state index in [2.05, 4.69) is 16.6 Å². The molecule has 4 nitrogen and oxygen atoms in total. The van der Waals surface area contributed by atoms with Crippen molar-refractivity contribution in [3.05, 3.63) is 12.7 Å². The summed E-state index contributed by atoms with van der Waals surface area (Å²) in [6.45, 7) is 6.05. The number of sulfonamides is 1. The fourth-order valence-electron chi connectivity index (χ4n) is 1.65. The van der Waals surface area contributed by atoms with Crippen LogP contribution < -0.4 is 10.0 Å². The Morgan fingerprint density at radius 3 is 2.93 bits per heavy atom. The van der Waals surface area contributed by atoms with Crippen LogP contribution in [0.15, 0.2) is 12.7 Å². The molecule has 0 amide bonds. The van der Waals surface area contributed by atoms with E-state index in [-0.39, 0.29) is 5.75 Å². The van der Waals surface area contributed by atoms with Crippen molar-refractivity contribution >= 4 is 10.0 Å². The van der Waals surface area contributed by atoms with E-state index in [0.29, 0.717) is 18.9 Å². The van der Waals surface area contributed by atoms with E-state index in [9.17, 15) is 8.42 Å². The standard InChI is InChI=1S/C10H20N2O2S/c1-2-3-7-15(13,14)12-9-10-5-4-6-11-8-10/h2,10-12H,1,3-9H2/t10-/m1/s1. The SMILES string of the molecule is C=CCCS(=O)(=O)NC[C@@H]1CCCNC1. The van der Waals surface area contributed by atoms with Crippen LogP contribution in [0, 0.1) is 5.92 Å². The van der Waals surface area contributed by atoms with Gasteiger partial charge in [-0.2, -0.15) is 0 Å². The molecule has 1 rings (SSSR count). The molecule has 0 bridgehead atoms. The van der Waals surface area contributed by atoms with Crippen LogP contribution >= 0.6 is 0 Å². The summed E-state index contributed by atoms with van der Waals surface area (Å²) < 4.78 is 25.6. The molecule has 5 heteroatoms. The third-order valence-electron chi connectivity index (χ3n) is 2.58. The van der Waals surface area contributed by atoms with Gasteiger partial charge in [0.1, 0.15) is 0 Å². The molecule has 0 spiro atoms. The van der Waals surface area contributed by atoms with E-state index in [1.807, 2.05) is 0 Å². The zero-order valence-electron chi connectivity index (χ0n) is 9.04. The van der Waals surface area contributed by atoms with Crippen molar-refractivity contribution in [2.45, 2.75) is 19.3 Å². The van der Waals surface area contributed by atoms with Crippen LogP contribution in [0.1, 0.15) is 19.3 Å². The lowest BCUT2D eigenvalue weighted by molar-refractivity contribution is 0.376. The molecular weight excluding hydrogens is 212 g/mol. The molecule has 1 aliphatic rings. The molecule has 0 radical (unpaired) electrons.